The fraction of sp³-hybridized carbons (Fsp3) is 0.867. The molecule has 0 radical (unpaired) electrons. The molecule has 1 atom stereocenters. The highest BCUT2D eigenvalue weighted by Gasteiger charge is 2.29. The largest absolute Gasteiger partial charge is 0.469 e. The number of carbonyl (C=O) groups is 2. The van der Waals surface area contributed by atoms with Gasteiger partial charge in [0.2, 0.25) is 0 Å². The number of nitrogens with zero attached hydrogens (tertiary/aromatic N) is 1. The van der Waals surface area contributed by atoms with E-state index in [0.717, 1.165) is 12.8 Å². The summed E-state index contributed by atoms with van der Waals surface area (Å²) in [5, 5.41) is 0. The fourth-order valence-corrected chi connectivity index (χ4v) is 2.46. The summed E-state index contributed by atoms with van der Waals surface area (Å²) < 4.78 is 9.98. The van der Waals surface area contributed by atoms with Crippen LogP contribution in [0, 0.1) is 5.92 Å². The third kappa shape index (κ3) is 6.33. The first kappa shape index (κ1) is 17.8. The zero-order valence-corrected chi connectivity index (χ0v) is 13.6. The molecule has 1 aliphatic rings. The summed E-state index contributed by atoms with van der Waals surface area (Å²) in [6.07, 6.45) is 2.42. The van der Waals surface area contributed by atoms with Crippen molar-refractivity contribution in [3.8, 4) is 0 Å². The van der Waals surface area contributed by atoms with Crippen molar-refractivity contribution in [3.05, 3.63) is 0 Å². The van der Waals surface area contributed by atoms with Gasteiger partial charge in [0.1, 0.15) is 5.60 Å². The Kier molecular flexibility index (Phi) is 6.45. The highest BCUT2D eigenvalue weighted by molar-refractivity contribution is 5.69. The maximum atomic E-state index is 12.0. The summed E-state index contributed by atoms with van der Waals surface area (Å²) in [7, 11) is 1.38. The Morgan fingerprint density at radius 1 is 1.29 bits per heavy atom. The summed E-state index contributed by atoms with van der Waals surface area (Å²) >= 11 is 0. The molecule has 0 saturated carbocycles. The van der Waals surface area contributed by atoms with Crippen LogP contribution in [0.3, 0.4) is 0 Å². The first-order chi connectivity index (χ1) is 9.73. The molecule has 0 spiro atoms. The lowest BCUT2D eigenvalue weighted by molar-refractivity contribution is -0.140. The number of nitrogens with two attached hydrogens (primary N) is 1. The minimum atomic E-state index is -0.467. The van der Waals surface area contributed by atoms with E-state index < -0.39 is 5.60 Å². The fourth-order valence-electron chi connectivity index (χ4n) is 2.46. The van der Waals surface area contributed by atoms with Crippen molar-refractivity contribution in [1.29, 1.82) is 0 Å². The number of ether oxygens (including phenoxy) is 2. The molecular weight excluding hydrogens is 272 g/mol. The molecule has 1 fully saturated rings. The quantitative estimate of drug-likeness (QED) is 0.802. The molecule has 1 heterocycles. The van der Waals surface area contributed by atoms with Gasteiger partial charge in [-0.25, -0.2) is 4.79 Å². The van der Waals surface area contributed by atoms with Gasteiger partial charge in [0.05, 0.1) is 7.11 Å². The predicted octanol–water partition coefficient (Wildman–Crippen LogP) is 1.91. The Balaban J connectivity index is 2.34. The Morgan fingerprint density at radius 2 is 1.86 bits per heavy atom. The number of esters is 1. The molecule has 1 amide bonds. The van der Waals surface area contributed by atoms with Crippen molar-refractivity contribution in [2.45, 2.75) is 58.1 Å². The highest BCUT2D eigenvalue weighted by Crippen LogP contribution is 2.23. The second-order valence-corrected chi connectivity index (χ2v) is 6.58. The van der Waals surface area contributed by atoms with Crippen LogP contribution in [0.5, 0.6) is 0 Å². The molecule has 1 unspecified atom stereocenters. The normalized spacial score (nSPS) is 18.2. The van der Waals surface area contributed by atoms with Crippen LogP contribution in [0.15, 0.2) is 0 Å². The summed E-state index contributed by atoms with van der Waals surface area (Å²) in [5.41, 5.74) is 5.66. The van der Waals surface area contributed by atoms with Crippen molar-refractivity contribution in [1.82, 2.24) is 4.90 Å². The maximum Gasteiger partial charge on any atom is 0.410 e. The molecule has 0 aromatic heterocycles. The number of methoxy groups -OCH3 is 1. The molecule has 0 aliphatic carbocycles. The van der Waals surface area contributed by atoms with Crippen LogP contribution in [0.25, 0.3) is 0 Å². The number of amides is 1. The molecule has 6 nitrogen and oxygen atoms in total. The average molecular weight is 300 g/mol. The van der Waals surface area contributed by atoms with Gasteiger partial charge in [-0.1, -0.05) is 0 Å². The van der Waals surface area contributed by atoms with Crippen molar-refractivity contribution >= 4 is 12.1 Å². The minimum Gasteiger partial charge on any atom is -0.469 e. The smallest absolute Gasteiger partial charge is 0.410 e. The third-order valence-electron chi connectivity index (χ3n) is 3.71. The lowest BCUT2D eigenvalue weighted by Crippen LogP contribution is -2.45. The Labute approximate surface area is 126 Å². The molecular formula is C15H28N2O4. The van der Waals surface area contributed by atoms with Gasteiger partial charge in [-0.3, -0.25) is 4.79 Å². The number of rotatable bonds is 4. The second kappa shape index (κ2) is 7.64. The lowest BCUT2D eigenvalue weighted by atomic mass is 9.87. The summed E-state index contributed by atoms with van der Waals surface area (Å²) in [6.45, 7) is 6.90. The second-order valence-electron chi connectivity index (χ2n) is 6.58. The number of likely N-dealkylation sites (tertiary alicyclic amines) is 1. The molecule has 6 heteroatoms. The van der Waals surface area contributed by atoms with Gasteiger partial charge < -0.3 is 20.1 Å². The van der Waals surface area contributed by atoms with E-state index in [2.05, 4.69) is 4.74 Å². The van der Waals surface area contributed by atoms with Gasteiger partial charge >= 0.3 is 12.1 Å². The van der Waals surface area contributed by atoms with Gasteiger partial charge in [0.15, 0.2) is 0 Å². The van der Waals surface area contributed by atoms with E-state index in [1.54, 1.807) is 4.90 Å². The molecule has 0 aromatic rings. The molecule has 21 heavy (non-hydrogen) atoms. The zero-order chi connectivity index (χ0) is 16.0. The third-order valence-corrected chi connectivity index (χ3v) is 3.71. The van der Waals surface area contributed by atoms with Crippen LogP contribution < -0.4 is 5.73 Å². The zero-order valence-electron chi connectivity index (χ0n) is 13.6. The van der Waals surface area contributed by atoms with Crippen LogP contribution in [0.4, 0.5) is 4.79 Å². The van der Waals surface area contributed by atoms with Gasteiger partial charge in [0.25, 0.3) is 0 Å². The monoisotopic (exact) mass is 300 g/mol. The Bertz CT molecular complexity index is 357. The van der Waals surface area contributed by atoms with Gasteiger partial charge in [0, 0.05) is 25.6 Å². The van der Waals surface area contributed by atoms with Crippen molar-refractivity contribution in [2.24, 2.45) is 11.7 Å². The molecule has 0 aromatic carbocycles. The van der Waals surface area contributed by atoms with Crippen LogP contribution in [0.1, 0.15) is 46.5 Å². The van der Waals surface area contributed by atoms with Gasteiger partial charge in [-0.15, -0.1) is 0 Å². The average Bonchev–Trinajstić information content (AvgIpc) is 2.42. The predicted molar refractivity (Wildman–Crippen MR) is 79.8 cm³/mol. The van der Waals surface area contributed by atoms with E-state index in [-0.39, 0.29) is 18.1 Å². The van der Waals surface area contributed by atoms with Crippen LogP contribution in [-0.4, -0.2) is 48.8 Å². The van der Waals surface area contributed by atoms with E-state index in [1.165, 1.54) is 7.11 Å². The molecule has 1 aliphatic heterocycles. The molecule has 0 bridgehead atoms. The summed E-state index contributed by atoms with van der Waals surface area (Å²) in [4.78, 5) is 24.8. The van der Waals surface area contributed by atoms with Crippen LogP contribution in [-0.2, 0) is 14.3 Å². The minimum absolute atomic E-state index is 0.0233. The van der Waals surface area contributed by atoms with Crippen molar-refractivity contribution in [2.75, 3.05) is 20.2 Å². The summed E-state index contributed by atoms with van der Waals surface area (Å²) in [6, 6.07) is -0.0233. The van der Waals surface area contributed by atoms with E-state index in [0.29, 0.717) is 31.8 Å². The van der Waals surface area contributed by atoms with E-state index >= 15 is 0 Å². The SMILES string of the molecule is COC(=O)CCC(N)C1CCN(C(=O)OC(C)(C)C)CC1. The highest BCUT2D eigenvalue weighted by atomic mass is 16.6. The van der Waals surface area contributed by atoms with E-state index in [1.807, 2.05) is 20.8 Å². The Morgan fingerprint density at radius 3 is 2.33 bits per heavy atom. The number of hydrogen-bond acceptors (Lipinski definition) is 5. The van der Waals surface area contributed by atoms with Gasteiger partial charge in [-0.05, 0) is 46.0 Å². The topological polar surface area (TPSA) is 81.9 Å². The summed E-state index contributed by atoms with van der Waals surface area (Å²) in [5.74, 6) is 0.116. The van der Waals surface area contributed by atoms with E-state index in [4.69, 9.17) is 10.5 Å². The Hall–Kier alpha value is -1.30. The number of hydrogen-bond donors (Lipinski definition) is 1. The number of carbonyl (C=O) groups excluding carboxylic acids is 2. The molecule has 122 valence electrons. The molecule has 1 saturated heterocycles. The first-order valence-electron chi connectivity index (χ1n) is 7.53. The van der Waals surface area contributed by atoms with Crippen molar-refractivity contribution in [3.63, 3.8) is 0 Å². The van der Waals surface area contributed by atoms with E-state index in [9.17, 15) is 9.59 Å². The number of piperidine rings is 1. The van der Waals surface area contributed by atoms with Crippen LogP contribution >= 0.6 is 0 Å². The van der Waals surface area contributed by atoms with Crippen molar-refractivity contribution < 1.29 is 19.1 Å². The lowest BCUT2D eigenvalue weighted by Gasteiger charge is -2.35. The standard InChI is InChI=1S/C15H28N2O4/c1-15(2,3)21-14(19)17-9-7-11(8-10-17)12(16)5-6-13(18)20-4/h11-12H,5-10,16H2,1-4H3. The first-order valence-corrected chi connectivity index (χ1v) is 7.53. The maximum absolute atomic E-state index is 12.0. The molecule has 1 rings (SSSR count). The van der Waals surface area contributed by atoms with Crippen LogP contribution in [0.2, 0.25) is 0 Å². The van der Waals surface area contributed by atoms with Gasteiger partial charge in [-0.2, -0.15) is 0 Å². The molecule has 2 N–H and O–H groups in total.